The average molecular weight is 385 g/mol. The lowest BCUT2D eigenvalue weighted by molar-refractivity contribution is -0.0180. The highest BCUT2D eigenvalue weighted by atomic mass is 79.9. The average Bonchev–Trinajstić information content (AvgIpc) is 2.78. The molecule has 1 nitrogen and oxygen atoms in total. The molecule has 2 aliphatic rings. The molecule has 0 spiro atoms. The summed E-state index contributed by atoms with van der Waals surface area (Å²) in [5, 5.41) is 0.726. The number of halogens is 1. The van der Waals surface area contributed by atoms with Gasteiger partial charge in [0.15, 0.2) is 0 Å². The Morgan fingerprint density at radius 1 is 1.18 bits per heavy atom. The number of rotatable bonds is 4. The number of fused-ring (bicyclic) bond motifs is 2. The highest BCUT2D eigenvalue weighted by Gasteiger charge is 2.70. The second-order valence-corrected chi connectivity index (χ2v) is 9.94. The van der Waals surface area contributed by atoms with Gasteiger partial charge in [-0.25, -0.2) is 0 Å². The van der Waals surface area contributed by atoms with Crippen molar-refractivity contribution < 1.29 is 21.7 Å². The van der Waals surface area contributed by atoms with Gasteiger partial charge < -0.3 is 21.7 Å². The van der Waals surface area contributed by atoms with Crippen molar-refractivity contribution in [3.8, 4) is 0 Å². The van der Waals surface area contributed by atoms with Crippen LogP contribution in [0.15, 0.2) is 30.3 Å². The molecule has 2 aliphatic carbocycles. The number of hydrogen-bond acceptors (Lipinski definition) is 1. The molecule has 0 N–H and O–H groups in total. The van der Waals surface area contributed by atoms with Crippen molar-refractivity contribution in [3.63, 3.8) is 0 Å². The summed E-state index contributed by atoms with van der Waals surface area (Å²) in [4.78, 5) is 0. The van der Waals surface area contributed by atoms with Gasteiger partial charge in [-0.3, -0.25) is 0 Å². The summed E-state index contributed by atoms with van der Waals surface area (Å²) >= 11 is 0. The third-order valence-electron chi connectivity index (χ3n) is 6.65. The molecule has 2 bridgehead atoms. The molecule has 3 rings (SSSR count). The lowest BCUT2D eigenvalue weighted by Crippen LogP contribution is -3.00. The predicted octanol–water partition coefficient (Wildman–Crippen LogP) is 1.28. The topological polar surface area (TPSA) is 9.23 Å². The van der Waals surface area contributed by atoms with Crippen LogP contribution >= 0.6 is 0 Å². The van der Waals surface area contributed by atoms with Crippen molar-refractivity contribution in [2.75, 3.05) is 13.4 Å². The van der Waals surface area contributed by atoms with Crippen LogP contribution in [0.25, 0.3) is 0 Å². The summed E-state index contributed by atoms with van der Waals surface area (Å²) in [6, 6.07) is 11.0. The van der Waals surface area contributed by atoms with Crippen molar-refractivity contribution in [1.29, 1.82) is 0 Å². The normalized spacial score (nSPS) is 36.9. The zero-order valence-corrected chi connectivity index (χ0v) is 16.8. The maximum Gasteiger partial charge on any atom is 0.148 e. The molecule has 0 aliphatic heterocycles. The molecule has 5 atom stereocenters. The maximum absolute atomic E-state index is 6.06. The van der Waals surface area contributed by atoms with E-state index in [4.69, 9.17) is 4.74 Å². The van der Waals surface area contributed by atoms with E-state index in [9.17, 15) is 0 Å². The Kier molecular flexibility index (Phi) is 5.41. The van der Waals surface area contributed by atoms with Gasteiger partial charge >= 0.3 is 0 Å². The van der Waals surface area contributed by atoms with E-state index >= 15 is 0 Å². The van der Waals surface area contributed by atoms with Crippen LogP contribution in [-0.2, 0) is 21.4 Å². The summed E-state index contributed by atoms with van der Waals surface area (Å²) in [5.41, 5.74) is 2.25. The van der Waals surface area contributed by atoms with E-state index < -0.39 is 0 Å². The molecule has 0 radical (unpaired) electrons. The molecule has 0 heterocycles. The van der Waals surface area contributed by atoms with Crippen LogP contribution in [0, 0.1) is 16.7 Å². The van der Waals surface area contributed by atoms with Gasteiger partial charge in [-0.15, -0.1) is 0 Å². The number of hydrogen-bond donors (Lipinski definition) is 0. The van der Waals surface area contributed by atoms with Crippen LogP contribution in [-0.4, -0.2) is 24.7 Å². The van der Waals surface area contributed by atoms with Crippen molar-refractivity contribution in [2.45, 2.75) is 50.7 Å². The minimum atomic E-state index is 0. The summed E-state index contributed by atoms with van der Waals surface area (Å²) in [6.45, 7) is 7.44. The highest BCUT2D eigenvalue weighted by Crippen LogP contribution is 2.67. The monoisotopic (exact) mass is 384 g/mol. The van der Waals surface area contributed by atoms with Crippen molar-refractivity contribution in [2.24, 2.45) is 16.7 Å². The van der Waals surface area contributed by atoms with E-state index in [0.29, 0.717) is 27.8 Å². The van der Waals surface area contributed by atoms with Gasteiger partial charge in [-0.05, 0) is 29.2 Å². The van der Waals surface area contributed by atoms with Crippen molar-refractivity contribution in [3.05, 3.63) is 35.9 Å². The van der Waals surface area contributed by atoms with E-state index in [1.165, 1.54) is 24.2 Å². The van der Waals surface area contributed by atoms with Crippen LogP contribution in [0.2, 0.25) is 0 Å². The van der Waals surface area contributed by atoms with Gasteiger partial charge in [0.1, 0.15) is 17.1 Å². The van der Waals surface area contributed by atoms with Crippen LogP contribution in [0.1, 0.15) is 39.2 Å². The minimum Gasteiger partial charge on any atom is -1.00 e. The quantitative estimate of drug-likeness (QED) is 0.710. The van der Waals surface area contributed by atoms with E-state index in [1.807, 2.05) is 7.11 Å². The fourth-order valence-corrected chi connectivity index (χ4v) is 7.82. The molecular formula is C19H29BrOS. The number of ether oxygens (including phenoxy) is 1. The lowest BCUT2D eigenvalue weighted by Gasteiger charge is -2.38. The van der Waals surface area contributed by atoms with Gasteiger partial charge in [0.25, 0.3) is 0 Å². The Hall–Kier alpha value is 0.01000. The first-order chi connectivity index (χ1) is 9.91. The molecule has 2 saturated carbocycles. The molecule has 1 unspecified atom stereocenters. The summed E-state index contributed by atoms with van der Waals surface area (Å²) in [5.74, 6) is 2.03. The van der Waals surface area contributed by atoms with Crippen LogP contribution < -0.4 is 17.0 Å². The molecule has 0 saturated heterocycles. The van der Waals surface area contributed by atoms with Crippen LogP contribution in [0.5, 0.6) is 0 Å². The zero-order chi connectivity index (χ0) is 15.3. The zero-order valence-electron chi connectivity index (χ0n) is 14.4. The van der Waals surface area contributed by atoms with E-state index in [-0.39, 0.29) is 17.0 Å². The third kappa shape index (κ3) is 2.57. The van der Waals surface area contributed by atoms with Gasteiger partial charge in [0.2, 0.25) is 0 Å². The summed E-state index contributed by atoms with van der Waals surface area (Å²) < 4.78 is 6.06. The number of benzene rings is 1. The second-order valence-electron chi connectivity index (χ2n) is 7.73. The Morgan fingerprint density at radius 3 is 2.41 bits per heavy atom. The first-order valence-electron chi connectivity index (χ1n) is 8.10. The smallest absolute Gasteiger partial charge is 0.148 e. The first-order valence-corrected chi connectivity index (χ1v) is 9.96. The molecule has 1 aromatic carbocycles. The summed E-state index contributed by atoms with van der Waals surface area (Å²) in [7, 11) is 2.31. The SMILES string of the molecule is CO[C@@H]1[C@H]([S+](C)Cc2ccccc2)[C@H]2CC[C@]1(C)C2(C)C.[Br-]. The molecule has 1 aromatic rings. The predicted molar refractivity (Wildman–Crippen MR) is 92.6 cm³/mol. The Morgan fingerprint density at radius 2 is 1.82 bits per heavy atom. The molecule has 3 heteroatoms. The van der Waals surface area contributed by atoms with E-state index in [1.54, 1.807) is 0 Å². The fraction of sp³-hybridized carbons (Fsp3) is 0.684. The standard InChI is InChI=1S/C19H29OS.BrH/c1-18(2)15-11-12-19(18,3)17(20-4)16(15)21(5)13-14-9-7-6-8-10-14;/h6-10,15-17H,11-13H2,1-5H3;1H/q+1;/p-1/t15-,16-,17-,19+,21?;/m1./s1. The lowest BCUT2D eigenvalue weighted by atomic mass is 9.70. The Bertz CT molecular complexity index is 503. The van der Waals surface area contributed by atoms with E-state index in [2.05, 4.69) is 57.4 Å². The van der Waals surface area contributed by atoms with Gasteiger partial charge in [-0.1, -0.05) is 51.1 Å². The largest absolute Gasteiger partial charge is 1.00 e. The first kappa shape index (κ1) is 18.4. The minimum absolute atomic E-state index is 0. The molecule has 0 amide bonds. The molecule has 124 valence electrons. The summed E-state index contributed by atoms with van der Waals surface area (Å²) in [6.07, 6.45) is 5.62. The van der Waals surface area contributed by atoms with Crippen molar-refractivity contribution in [1.82, 2.24) is 0 Å². The fourth-order valence-electron chi connectivity index (χ4n) is 5.04. The van der Waals surface area contributed by atoms with Crippen LogP contribution in [0.4, 0.5) is 0 Å². The highest BCUT2D eigenvalue weighted by molar-refractivity contribution is 7.96. The van der Waals surface area contributed by atoms with Gasteiger partial charge in [0.05, 0.1) is 6.26 Å². The molecule has 0 aromatic heterocycles. The van der Waals surface area contributed by atoms with Crippen LogP contribution in [0.3, 0.4) is 0 Å². The molecule has 22 heavy (non-hydrogen) atoms. The number of methoxy groups -OCH3 is 1. The molecular weight excluding hydrogens is 356 g/mol. The molecule has 2 fully saturated rings. The maximum atomic E-state index is 6.06. The second kappa shape index (κ2) is 6.49. The van der Waals surface area contributed by atoms with Gasteiger partial charge in [0, 0.05) is 24.0 Å². The third-order valence-corrected chi connectivity index (χ3v) is 8.95. The van der Waals surface area contributed by atoms with Crippen molar-refractivity contribution >= 4 is 10.9 Å². The van der Waals surface area contributed by atoms with E-state index in [0.717, 1.165) is 11.2 Å². The Balaban J connectivity index is 0.00000176. The Labute approximate surface area is 149 Å². The van der Waals surface area contributed by atoms with Gasteiger partial charge in [-0.2, -0.15) is 0 Å².